The molecule has 0 bridgehead atoms. The van der Waals surface area contributed by atoms with Crippen molar-refractivity contribution < 1.29 is 19.7 Å². The van der Waals surface area contributed by atoms with Crippen molar-refractivity contribution in [1.29, 1.82) is 0 Å². The average molecular weight is 174 g/mol. The Morgan fingerprint density at radius 1 is 1.58 bits per heavy atom. The summed E-state index contributed by atoms with van der Waals surface area (Å²) < 4.78 is 10.1. The van der Waals surface area contributed by atoms with Crippen molar-refractivity contribution in [1.82, 2.24) is 0 Å². The maximum Gasteiger partial charge on any atom is 0.110 e. The summed E-state index contributed by atoms with van der Waals surface area (Å²) in [6.07, 6.45) is -0.380. The first-order valence-corrected chi connectivity index (χ1v) is 3.92. The van der Waals surface area contributed by atoms with Crippen molar-refractivity contribution in [3.8, 4) is 0 Å². The number of aliphatic hydroxyl groups excluding tert-OH is 2. The Balaban J connectivity index is 2.20. The first-order chi connectivity index (χ1) is 5.75. The number of ether oxygens (including phenoxy) is 2. The Hall–Kier alpha value is -0.420. The van der Waals surface area contributed by atoms with E-state index in [1.54, 1.807) is 6.08 Å². The molecule has 1 saturated heterocycles. The van der Waals surface area contributed by atoms with Crippen LogP contribution in [0.15, 0.2) is 12.7 Å². The second-order valence-electron chi connectivity index (χ2n) is 2.76. The molecule has 3 unspecified atom stereocenters. The minimum Gasteiger partial charge on any atom is -0.388 e. The van der Waals surface area contributed by atoms with Gasteiger partial charge < -0.3 is 19.7 Å². The quantitative estimate of drug-likeness (QED) is 0.437. The van der Waals surface area contributed by atoms with Crippen LogP contribution in [0, 0.1) is 0 Å². The molecule has 1 aliphatic heterocycles. The Labute approximate surface area is 71.4 Å². The van der Waals surface area contributed by atoms with Crippen LogP contribution in [0.1, 0.15) is 0 Å². The monoisotopic (exact) mass is 174 g/mol. The highest BCUT2D eigenvalue weighted by Crippen LogP contribution is 2.14. The van der Waals surface area contributed by atoms with Crippen LogP contribution < -0.4 is 0 Å². The molecule has 0 aromatic carbocycles. The van der Waals surface area contributed by atoms with Crippen LogP contribution in [-0.2, 0) is 9.47 Å². The minimum absolute atomic E-state index is 0.184. The van der Waals surface area contributed by atoms with E-state index in [-0.39, 0.29) is 6.61 Å². The molecule has 70 valence electrons. The fourth-order valence-electron chi connectivity index (χ4n) is 1.08. The summed E-state index contributed by atoms with van der Waals surface area (Å²) in [5.41, 5.74) is 0. The molecule has 0 aromatic heterocycles. The third-order valence-corrected chi connectivity index (χ3v) is 1.77. The summed E-state index contributed by atoms with van der Waals surface area (Å²) in [4.78, 5) is 0. The molecule has 1 rings (SSSR count). The summed E-state index contributed by atoms with van der Waals surface area (Å²) in [6, 6.07) is 0. The Morgan fingerprint density at radius 3 is 2.83 bits per heavy atom. The maximum atomic E-state index is 9.28. The van der Waals surface area contributed by atoms with Crippen LogP contribution in [0.3, 0.4) is 0 Å². The van der Waals surface area contributed by atoms with Gasteiger partial charge in [-0.15, -0.1) is 6.58 Å². The van der Waals surface area contributed by atoms with Gasteiger partial charge >= 0.3 is 0 Å². The van der Waals surface area contributed by atoms with E-state index in [9.17, 15) is 5.11 Å². The second-order valence-corrected chi connectivity index (χ2v) is 2.76. The van der Waals surface area contributed by atoms with E-state index in [0.717, 1.165) is 0 Å². The number of aliphatic hydroxyl groups is 2. The molecule has 0 amide bonds. The molecule has 0 radical (unpaired) electrons. The lowest BCUT2D eigenvalue weighted by molar-refractivity contribution is -0.0245. The van der Waals surface area contributed by atoms with Gasteiger partial charge in [0, 0.05) is 0 Å². The van der Waals surface area contributed by atoms with Gasteiger partial charge in [0.05, 0.1) is 19.8 Å². The number of rotatable bonds is 4. The van der Waals surface area contributed by atoms with Gasteiger partial charge in [0.2, 0.25) is 0 Å². The maximum absolute atomic E-state index is 9.28. The Morgan fingerprint density at radius 2 is 2.33 bits per heavy atom. The van der Waals surface area contributed by atoms with Crippen LogP contribution in [-0.4, -0.2) is 48.3 Å². The van der Waals surface area contributed by atoms with Crippen molar-refractivity contribution in [3.05, 3.63) is 12.7 Å². The van der Waals surface area contributed by atoms with Crippen LogP contribution in [0.2, 0.25) is 0 Å². The zero-order chi connectivity index (χ0) is 8.97. The number of hydrogen-bond donors (Lipinski definition) is 2. The Bertz CT molecular complexity index is 148. The average Bonchev–Trinajstić information content (AvgIpc) is 2.36. The standard InChI is InChI=1S/C8H14O4/c1-2-3-11-5-7-8(10)6(9)4-12-7/h2,6-10H,1,3-5H2. The van der Waals surface area contributed by atoms with Gasteiger partial charge in [0.15, 0.2) is 0 Å². The first kappa shape index (κ1) is 9.67. The smallest absolute Gasteiger partial charge is 0.110 e. The summed E-state index contributed by atoms with van der Waals surface area (Å²) in [5, 5.41) is 18.3. The first-order valence-electron chi connectivity index (χ1n) is 3.92. The lowest BCUT2D eigenvalue weighted by Crippen LogP contribution is -2.32. The summed E-state index contributed by atoms with van der Waals surface area (Å²) in [5.74, 6) is 0. The molecular formula is C8H14O4. The van der Waals surface area contributed by atoms with Crippen molar-refractivity contribution in [2.75, 3.05) is 19.8 Å². The molecular weight excluding hydrogens is 160 g/mol. The number of hydrogen-bond acceptors (Lipinski definition) is 4. The largest absolute Gasteiger partial charge is 0.388 e. The second kappa shape index (κ2) is 4.57. The van der Waals surface area contributed by atoms with E-state index in [1.165, 1.54) is 0 Å². The topological polar surface area (TPSA) is 58.9 Å². The summed E-state index contributed by atoms with van der Waals surface area (Å²) in [6.45, 7) is 4.39. The summed E-state index contributed by atoms with van der Waals surface area (Å²) in [7, 11) is 0. The molecule has 1 heterocycles. The zero-order valence-corrected chi connectivity index (χ0v) is 6.85. The molecule has 0 saturated carbocycles. The van der Waals surface area contributed by atoms with E-state index in [1.807, 2.05) is 0 Å². The molecule has 4 nitrogen and oxygen atoms in total. The third-order valence-electron chi connectivity index (χ3n) is 1.77. The molecule has 1 fully saturated rings. The van der Waals surface area contributed by atoms with Gasteiger partial charge in [-0.05, 0) is 0 Å². The van der Waals surface area contributed by atoms with E-state index in [2.05, 4.69) is 6.58 Å². The van der Waals surface area contributed by atoms with Gasteiger partial charge in [0.1, 0.15) is 18.3 Å². The van der Waals surface area contributed by atoms with Gasteiger partial charge in [0.25, 0.3) is 0 Å². The van der Waals surface area contributed by atoms with E-state index in [0.29, 0.717) is 13.2 Å². The van der Waals surface area contributed by atoms with E-state index >= 15 is 0 Å². The molecule has 2 N–H and O–H groups in total. The van der Waals surface area contributed by atoms with Crippen LogP contribution >= 0.6 is 0 Å². The molecule has 0 aromatic rings. The highest BCUT2D eigenvalue weighted by molar-refractivity contribution is 4.83. The molecule has 4 heteroatoms. The SMILES string of the molecule is C=CCOCC1OCC(O)C1O. The zero-order valence-electron chi connectivity index (χ0n) is 6.85. The van der Waals surface area contributed by atoms with Crippen molar-refractivity contribution in [2.24, 2.45) is 0 Å². The summed E-state index contributed by atoms with van der Waals surface area (Å²) >= 11 is 0. The predicted molar refractivity (Wildman–Crippen MR) is 42.8 cm³/mol. The van der Waals surface area contributed by atoms with Crippen LogP contribution in [0.5, 0.6) is 0 Å². The fraction of sp³-hybridized carbons (Fsp3) is 0.750. The van der Waals surface area contributed by atoms with Gasteiger partial charge in [-0.2, -0.15) is 0 Å². The van der Waals surface area contributed by atoms with Crippen molar-refractivity contribution >= 4 is 0 Å². The van der Waals surface area contributed by atoms with Gasteiger partial charge in [-0.3, -0.25) is 0 Å². The highest BCUT2D eigenvalue weighted by atomic mass is 16.6. The molecule has 0 aliphatic carbocycles. The highest BCUT2D eigenvalue weighted by Gasteiger charge is 2.34. The lowest BCUT2D eigenvalue weighted by atomic mass is 10.2. The third kappa shape index (κ3) is 2.28. The molecule has 1 aliphatic rings. The van der Waals surface area contributed by atoms with E-state index in [4.69, 9.17) is 14.6 Å². The van der Waals surface area contributed by atoms with Gasteiger partial charge in [-0.25, -0.2) is 0 Å². The van der Waals surface area contributed by atoms with Crippen molar-refractivity contribution in [3.63, 3.8) is 0 Å². The van der Waals surface area contributed by atoms with E-state index < -0.39 is 18.3 Å². The van der Waals surface area contributed by atoms with Crippen molar-refractivity contribution in [2.45, 2.75) is 18.3 Å². The predicted octanol–water partition coefficient (Wildman–Crippen LogP) is -0.690. The molecule has 12 heavy (non-hydrogen) atoms. The molecule has 0 spiro atoms. The minimum atomic E-state index is -0.824. The van der Waals surface area contributed by atoms with Gasteiger partial charge in [-0.1, -0.05) is 6.08 Å². The Kier molecular flexibility index (Phi) is 3.68. The normalized spacial score (nSPS) is 35.3. The van der Waals surface area contributed by atoms with Crippen LogP contribution in [0.25, 0.3) is 0 Å². The molecule has 3 atom stereocenters. The fourth-order valence-corrected chi connectivity index (χ4v) is 1.08. The van der Waals surface area contributed by atoms with Crippen LogP contribution in [0.4, 0.5) is 0 Å². The lowest BCUT2D eigenvalue weighted by Gasteiger charge is -2.13.